The van der Waals surface area contributed by atoms with Gasteiger partial charge in [-0.1, -0.05) is 0 Å². The third-order valence-electron chi connectivity index (χ3n) is 3.18. The number of carboxylic acids is 1. The number of carbonyl (C=O) groups is 3. The first-order valence-electron chi connectivity index (χ1n) is 8.22. The van der Waals surface area contributed by atoms with E-state index in [-0.39, 0.29) is 5.56 Å². The summed E-state index contributed by atoms with van der Waals surface area (Å²) in [6.07, 6.45) is -0.519. The molecule has 0 fully saturated rings. The molecule has 1 atom stereocenters. The quantitative estimate of drug-likeness (QED) is 0.528. The lowest BCUT2D eigenvalue weighted by Gasteiger charge is -2.18. The molecular formula is C17H24N2O7. The first kappa shape index (κ1) is 21.1. The molecule has 1 unspecified atom stereocenters. The Morgan fingerprint density at radius 1 is 1.04 bits per heavy atom. The summed E-state index contributed by atoms with van der Waals surface area (Å²) in [5, 5.41) is 11.4. The van der Waals surface area contributed by atoms with E-state index in [2.05, 4.69) is 5.32 Å². The average molecular weight is 368 g/mol. The number of nitrogens with one attached hydrogen (secondary N) is 1. The highest BCUT2D eigenvalue weighted by Gasteiger charge is 2.24. The monoisotopic (exact) mass is 368 g/mol. The Morgan fingerprint density at radius 2 is 1.54 bits per heavy atom. The average Bonchev–Trinajstić information content (AvgIpc) is 2.56. The van der Waals surface area contributed by atoms with Crippen molar-refractivity contribution >= 4 is 17.8 Å². The summed E-state index contributed by atoms with van der Waals surface area (Å²) in [5.74, 6) is -1.95. The van der Waals surface area contributed by atoms with E-state index in [0.29, 0.717) is 37.1 Å². The number of carbonyl (C=O) groups excluding carboxylic acids is 2. The van der Waals surface area contributed by atoms with E-state index >= 15 is 0 Å². The van der Waals surface area contributed by atoms with Crippen LogP contribution in [0.25, 0.3) is 0 Å². The lowest BCUT2D eigenvalue weighted by Crippen LogP contribution is -2.43. The molecule has 0 aliphatic heterocycles. The number of amides is 2. The van der Waals surface area contributed by atoms with Crippen LogP contribution in [0.2, 0.25) is 0 Å². The van der Waals surface area contributed by atoms with Crippen molar-refractivity contribution in [2.45, 2.75) is 33.2 Å². The zero-order valence-electron chi connectivity index (χ0n) is 15.0. The number of primary amides is 1. The minimum absolute atomic E-state index is 0.107. The second kappa shape index (κ2) is 10.1. The molecule has 0 spiro atoms. The molecule has 9 nitrogen and oxygen atoms in total. The summed E-state index contributed by atoms with van der Waals surface area (Å²) in [6.45, 7) is 6.37. The molecule has 0 aliphatic rings. The van der Waals surface area contributed by atoms with Gasteiger partial charge in [-0.3, -0.25) is 9.59 Å². The number of ether oxygens (including phenoxy) is 3. The van der Waals surface area contributed by atoms with Crippen LogP contribution in [0.1, 0.15) is 37.6 Å². The number of carboxylic acid groups (broad SMARTS) is 1. The van der Waals surface area contributed by atoms with Gasteiger partial charge in [0.2, 0.25) is 11.7 Å². The SMILES string of the molecule is CCOc1cc(C(=O)NC(CC(N)=O)C(=O)O)cc(OCC)c1OCC. The third-order valence-corrected chi connectivity index (χ3v) is 3.18. The fraction of sp³-hybridized carbons (Fsp3) is 0.471. The summed E-state index contributed by atoms with van der Waals surface area (Å²) in [6, 6.07) is 1.42. The van der Waals surface area contributed by atoms with E-state index < -0.39 is 30.2 Å². The summed E-state index contributed by atoms with van der Waals surface area (Å²) in [7, 11) is 0. The zero-order valence-corrected chi connectivity index (χ0v) is 15.0. The van der Waals surface area contributed by atoms with Gasteiger partial charge in [0.15, 0.2) is 11.5 Å². The smallest absolute Gasteiger partial charge is 0.326 e. The van der Waals surface area contributed by atoms with Crippen LogP contribution >= 0.6 is 0 Å². The molecule has 1 aromatic rings. The molecule has 1 aromatic carbocycles. The van der Waals surface area contributed by atoms with Crippen LogP contribution in [-0.2, 0) is 9.59 Å². The van der Waals surface area contributed by atoms with Crippen molar-refractivity contribution in [1.82, 2.24) is 5.32 Å². The molecule has 0 heterocycles. The largest absolute Gasteiger partial charge is 0.490 e. The fourth-order valence-corrected chi connectivity index (χ4v) is 2.16. The highest BCUT2D eigenvalue weighted by molar-refractivity contribution is 5.98. The first-order chi connectivity index (χ1) is 12.3. The lowest BCUT2D eigenvalue weighted by atomic mass is 10.1. The van der Waals surface area contributed by atoms with Crippen LogP contribution in [-0.4, -0.2) is 48.8 Å². The number of aliphatic carboxylic acids is 1. The van der Waals surface area contributed by atoms with Crippen LogP contribution < -0.4 is 25.3 Å². The summed E-state index contributed by atoms with van der Waals surface area (Å²) >= 11 is 0. The Morgan fingerprint density at radius 3 is 1.92 bits per heavy atom. The molecule has 0 radical (unpaired) electrons. The minimum Gasteiger partial charge on any atom is -0.490 e. The maximum Gasteiger partial charge on any atom is 0.326 e. The van der Waals surface area contributed by atoms with E-state index in [1.165, 1.54) is 12.1 Å². The van der Waals surface area contributed by atoms with Crippen LogP contribution in [0, 0.1) is 0 Å². The van der Waals surface area contributed by atoms with Crippen molar-refractivity contribution in [3.05, 3.63) is 17.7 Å². The standard InChI is InChI=1S/C17H24N2O7/c1-4-24-12-7-10(8-13(25-5-2)15(12)26-6-3)16(21)19-11(17(22)23)9-14(18)20/h7-8,11H,4-6,9H2,1-3H3,(H2,18,20)(H,19,21)(H,22,23). The molecule has 0 bridgehead atoms. The molecule has 4 N–H and O–H groups in total. The van der Waals surface area contributed by atoms with E-state index in [9.17, 15) is 14.4 Å². The van der Waals surface area contributed by atoms with Gasteiger partial charge in [-0.15, -0.1) is 0 Å². The lowest BCUT2D eigenvalue weighted by molar-refractivity contribution is -0.140. The maximum atomic E-state index is 12.4. The Balaban J connectivity index is 3.22. The van der Waals surface area contributed by atoms with Crippen LogP contribution in [0.4, 0.5) is 0 Å². The van der Waals surface area contributed by atoms with E-state index in [0.717, 1.165) is 0 Å². The Kier molecular flexibility index (Phi) is 8.20. The summed E-state index contributed by atoms with van der Waals surface area (Å²) in [4.78, 5) is 34.6. The van der Waals surface area contributed by atoms with Gasteiger partial charge < -0.3 is 30.4 Å². The van der Waals surface area contributed by atoms with Crippen molar-refractivity contribution in [2.24, 2.45) is 5.73 Å². The molecule has 0 saturated carbocycles. The second-order valence-electron chi connectivity index (χ2n) is 5.14. The van der Waals surface area contributed by atoms with Crippen LogP contribution in [0.5, 0.6) is 17.2 Å². The number of rotatable bonds is 11. The van der Waals surface area contributed by atoms with Gasteiger partial charge in [0.05, 0.1) is 26.2 Å². The Bertz CT molecular complexity index is 634. The molecule has 0 aliphatic carbocycles. The normalized spacial score (nSPS) is 11.3. The Labute approximate surface area is 151 Å². The van der Waals surface area contributed by atoms with E-state index in [1.807, 2.05) is 0 Å². The molecular weight excluding hydrogens is 344 g/mol. The summed E-state index contributed by atoms with van der Waals surface area (Å²) < 4.78 is 16.6. The topological polar surface area (TPSA) is 137 Å². The van der Waals surface area contributed by atoms with Gasteiger partial charge in [-0.25, -0.2) is 4.79 Å². The van der Waals surface area contributed by atoms with E-state index in [4.69, 9.17) is 25.1 Å². The number of nitrogens with two attached hydrogens (primary N) is 1. The number of hydrogen-bond acceptors (Lipinski definition) is 6. The van der Waals surface area contributed by atoms with Gasteiger partial charge in [-0.2, -0.15) is 0 Å². The predicted molar refractivity (Wildman–Crippen MR) is 92.7 cm³/mol. The molecule has 26 heavy (non-hydrogen) atoms. The fourth-order valence-electron chi connectivity index (χ4n) is 2.16. The van der Waals surface area contributed by atoms with Gasteiger partial charge in [0, 0.05) is 5.56 Å². The second-order valence-corrected chi connectivity index (χ2v) is 5.14. The molecule has 9 heteroatoms. The van der Waals surface area contributed by atoms with Crippen molar-refractivity contribution in [3.63, 3.8) is 0 Å². The number of hydrogen-bond donors (Lipinski definition) is 3. The van der Waals surface area contributed by atoms with Gasteiger partial charge in [0.1, 0.15) is 6.04 Å². The van der Waals surface area contributed by atoms with Gasteiger partial charge in [0.25, 0.3) is 5.91 Å². The Hall–Kier alpha value is -2.97. The van der Waals surface area contributed by atoms with Gasteiger partial charge >= 0.3 is 5.97 Å². The van der Waals surface area contributed by atoms with Crippen molar-refractivity contribution < 1.29 is 33.7 Å². The first-order valence-corrected chi connectivity index (χ1v) is 8.22. The van der Waals surface area contributed by atoms with Crippen molar-refractivity contribution in [2.75, 3.05) is 19.8 Å². The molecule has 2 amide bonds. The highest BCUT2D eigenvalue weighted by atomic mass is 16.5. The van der Waals surface area contributed by atoms with E-state index in [1.54, 1.807) is 20.8 Å². The summed E-state index contributed by atoms with van der Waals surface area (Å²) in [5.41, 5.74) is 5.12. The van der Waals surface area contributed by atoms with Crippen molar-refractivity contribution in [3.8, 4) is 17.2 Å². The van der Waals surface area contributed by atoms with Crippen molar-refractivity contribution in [1.29, 1.82) is 0 Å². The van der Waals surface area contributed by atoms with Crippen LogP contribution in [0.15, 0.2) is 12.1 Å². The maximum absolute atomic E-state index is 12.4. The molecule has 0 saturated heterocycles. The number of benzene rings is 1. The third kappa shape index (κ3) is 5.83. The predicted octanol–water partition coefficient (Wildman–Crippen LogP) is 0.941. The molecule has 1 rings (SSSR count). The van der Waals surface area contributed by atoms with Crippen LogP contribution in [0.3, 0.4) is 0 Å². The zero-order chi connectivity index (χ0) is 19.7. The van der Waals surface area contributed by atoms with Gasteiger partial charge in [-0.05, 0) is 32.9 Å². The molecule has 0 aromatic heterocycles. The highest BCUT2D eigenvalue weighted by Crippen LogP contribution is 2.39. The molecule has 144 valence electrons. The minimum atomic E-state index is -1.43.